The number of hydrogen-bond acceptors (Lipinski definition) is 3. The smallest absolute Gasteiger partial charge is 0.202 e. The normalized spacial score (nSPS) is 29.0. The lowest BCUT2D eigenvalue weighted by atomic mass is 9.89. The molecule has 0 radical (unpaired) electrons. The molecular formula is C15H25N3O. The van der Waals surface area contributed by atoms with Crippen molar-refractivity contribution in [3.8, 4) is 0 Å². The third kappa shape index (κ3) is 2.94. The molecule has 0 spiro atoms. The Morgan fingerprint density at radius 1 is 1.42 bits per heavy atom. The van der Waals surface area contributed by atoms with Crippen molar-refractivity contribution < 1.29 is 4.74 Å². The fourth-order valence-electron chi connectivity index (χ4n) is 3.89. The summed E-state index contributed by atoms with van der Waals surface area (Å²) in [7, 11) is 1.75. The SMILES string of the molecule is COCCCNc1nccn1CC1CC2CCC1C2. The van der Waals surface area contributed by atoms with Crippen molar-refractivity contribution in [3.05, 3.63) is 12.4 Å². The molecule has 2 saturated carbocycles. The maximum absolute atomic E-state index is 5.07. The second-order valence-electron chi connectivity index (χ2n) is 6.11. The minimum atomic E-state index is 0.806. The summed E-state index contributed by atoms with van der Waals surface area (Å²) >= 11 is 0. The summed E-state index contributed by atoms with van der Waals surface area (Å²) in [5, 5.41) is 3.42. The van der Waals surface area contributed by atoms with Gasteiger partial charge in [0, 0.05) is 39.2 Å². The fourth-order valence-corrected chi connectivity index (χ4v) is 3.89. The van der Waals surface area contributed by atoms with E-state index in [9.17, 15) is 0 Å². The largest absolute Gasteiger partial charge is 0.385 e. The Morgan fingerprint density at radius 3 is 3.11 bits per heavy atom. The fraction of sp³-hybridized carbons (Fsp3) is 0.800. The van der Waals surface area contributed by atoms with Gasteiger partial charge in [-0.2, -0.15) is 0 Å². The number of rotatable bonds is 7. The molecule has 1 N–H and O–H groups in total. The first-order valence-corrected chi connectivity index (χ1v) is 7.60. The third-order valence-electron chi connectivity index (χ3n) is 4.84. The molecule has 3 unspecified atom stereocenters. The highest BCUT2D eigenvalue weighted by Crippen LogP contribution is 2.48. The van der Waals surface area contributed by atoms with Crippen LogP contribution in [0.2, 0.25) is 0 Å². The molecule has 2 fully saturated rings. The first-order chi connectivity index (χ1) is 9.36. The monoisotopic (exact) mass is 263 g/mol. The number of fused-ring (bicyclic) bond motifs is 2. The summed E-state index contributed by atoms with van der Waals surface area (Å²) in [6, 6.07) is 0. The molecule has 106 valence electrons. The minimum Gasteiger partial charge on any atom is -0.385 e. The number of hydrogen-bond donors (Lipinski definition) is 1. The van der Waals surface area contributed by atoms with Crippen molar-refractivity contribution >= 4 is 5.95 Å². The summed E-state index contributed by atoms with van der Waals surface area (Å²) in [6.07, 6.45) is 10.9. The molecule has 3 rings (SSSR count). The van der Waals surface area contributed by atoms with Gasteiger partial charge in [-0.05, 0) is 43.4 Å². The van der Waals surface area contributed by atoms with Crippen LogP contribution in [0.4, 0.5) is 5.95 Å². The molecule has 1 aromatic heterocycles. The van der Waals surface area contributed by atoms with E-state index < -0.39 is 0 Å². The first kappa shape index (κ1) is 13.0. The summed E-state index contributed by atoms with van der Waals surface area (Å²) in [6.45, 7) is 2.88. The van der Waals surface area contributed by atoms with Gasteiger partial charge in [-0.3, -0.25) is 0 Å². The molecule has 1 heterocycles. The van der Waals surface area contributed by atoms with Crippen LogP contribution >= 0.6 is 0 Å². The molecule has 4 nitrogen and oxygen atoms in total. The van der Waals surface area contributed by atoms with Gasteiger partial charge in [0.2, 0.25) is 5.95 Å². The zero-order valence-corrected chi connectivity index (χ0v) is 11.8. The van der Waals surface area contributed by atoms with Crippen molar-refractivity contribution in [2.24, 2.45) is 17.8 Å². The van der Waals surface area contributed by atoms with Gasteiger partial charge < -0.3 is 14.6 Å². The van der Waals surface area contributed by atoms with Gasteiger partial charge in [0.1, 0.15) is 0 Å². The van der Waals surface area contributed by atoms with Crippen LogP contribution < -0.4 is 5.32 Å². The molecule has 2 aliphatic carbocycles. The highest BCUT2D eigenvalue weighted by molar-refractivity contribution is 5.25. The Morgan fingerprint density at radius 2 is 2.37 bits per heavy atom. The van der Waals surface area contributed by atoms with Crippen molar-refractivity contribution in [2.45, 2.75) is 38.6 Å². The van der Waals surface area contributed by atoms with Crippen molar-refractivity contribution in [2.75, 3.05) is 25.6 Å². The predicted octanol–water partition coefficient (Wildman–Crippen LogP) is 2.77. The van der Waals surface area contributed by atoms with Crippen LogP contribution in [0.3, 0.4) is 0 Å². The lowest BCUT2D eigenvalue weighted by molar-refractivity contribution is 0.197. The highest BCUT2D eigenvalue weighted by atomic mass is 16.5. The van der Waals surface area contributed by atoms with E-state index in [4.69, 9.17) is 4.74 Å². The van der Waals surface area contributed by atoms with E-state index in [0.717, 1.165) is 49.8 Å². The maximum atomic E-state index is 5.07. The Hall–Kier alpha value is -1.03. The number of imidazole rings is 1. The standard InChI is InChI=1S/C15H25N3O/c1-19-8-2-5-16-15-17-6-7-18(15)11-14-10-12-3-4-13(14)9-12/h6-7,12-14H,2-5,8-11H2,1H3,(H,16,17). The van der Waals surface area contributed by atoms with Gasteiger partial charge in [0.05, 0.1) is 0 Å². The number of nitrogens with zero attached hydrogens (tertiary/aromatic N) is 2. The quantitative estimate of drug-likeness (QED) is 0.769. The Balaban J connectivity index is 1.52. The van der Waals surface area contributed by atoms with E-state index in [2.05, 4.69) is 21.1 Å². The number of anilines is 1. The van der Waals surface area contributed by atoms with Crippen molar-refractivity contribution in [1.29, 1.82) is 0 Å². The predicted molar refractivity (Wildman–Crippen MR) is 76.1 cm³/mol. The van der Waals surface area contributed by atoms with E-state index in [0.29, 0.717) is 0 Å². The van der Waals surface area contributed by atoms with Crippen molar-refractivity contribution in [1.82, 2.24) is 9.55 Å². The zero-order chi connectivity index (χ0) is 13.1. The molecule has 0 amide bonds. The van der Waals surface area contributed by atoms with Crippen LogP contribution in [-0.4, -0.2) is 29.8 Å². The maximum Gasteiger partial charge on any atom is 0.202 e. The van der Waals surface area contributed by atoms with Crippen LogP contribution in [0, 0.1) is 17.8 Å². The van der Waals surface area contributed by atoms with Crippen molar-refractivity contribution in [3.63, 3.8) is 0 Å². The summed E-state index contributed by atoms with van der Waals surface area (Å²) in [5.74, 6) is 3.91. The molecule has 19 heavy (non-hydrogen) atoms. The molecule has 4 heteroatoms. The first-order valence-electron chi connectivity index (χ1n) is 7.60. The Labute approximate surface area is 115 Å². The lowest BCUT2D eigenvalue weighted by Crippen LogP contribution is -2.19. The van der Waals surface area contributed by atoms with E-state index in [-0.39, 0.29) is 0 Å². The van der Waals surface area contributed by atoms with Crippen LogP contribution in [0.25, 0.3) is 0 Å². The van der Waals surface area contributed by atoms with Gasteiger partial charge in [-0.15, -0.1) is 0 Å². The summed E-state index contributed by atoms with van der Waals surface area (Å²) in [4.78, 5) is 4.43. The molecule has 0 aromatic carbocycles. The van der Waals surface area contributed by atoms with Crippen LogP contribution in [0.1, 0.15) is 32.1 Å². The van der Waals surface area contributed by atoms with E-state index in [1.165, 1.54) is 25.7 Å². The average Bonchev–Trinajstić information content (AvgIpc) is 3.12. The van der Waals surface area contributed by atoms with Gasteiger partial charge in [-0.1, -0.05) is 6.42 Å². The van der Waals surface area contributed by atoms with Crippen LogP contribution in [0.5, 0.6) is 0 Å². The number of nitrogens with one attached hydrogen (secondary N) is 1. The number of methoxy groups -OCH3 is 1. The second-order valence-corrected chi connectivity index (χ2v) is 6.11. The van der Waals surface area contributed by atoms with E-state index in [1.807, 2.05) is 6.20 Å². The van der Waals surface area contributed by atoms with Crippen LogP contribution in [-0.2, 0) is 11.3 Å². The van der Waals surface area contributed by atoms with E-state index in [1.54, 1.807) is 7.11 Å². The molecule has 0 saturated heterocycles. The number of aromatic nitrogens is 2. The van der Waals surface area contributed by atoms with Gasteiger partial charge in [0.25, 0.3) is 0 Å². The molecule has 2 aliphatic rings. The Bertz CT molecular complexity index is 404. The van der Waals surface area contributed by atoms with Gasteiger partial charge in [-0.25, -0.2) is 4.98 Å². The molecule has 3 atom stereocenters. The molecule has 1 aromatic rings. The third-order valence-corrected chi connectivity index (χ3v) is 4.84. The van der Waals surface area contributed by atoms with Gasteiger partial charge in [0.15, 0.2) is 0 Å². The minimum absolute atomic E-state index is 0.806. The van der Waals surface area contributed by atoms with E-state index >= 15 is 0 Å². The number of ether oxygens (including phenoxy) is 1. The molecule has 0 aliphatic heterocycles. The zero-order valence-electron chi connectivity index (χ0n) is 11.8. The highest BCUT2D eigenvalue weighted by Gasteiger charge is 2.39. The summed E-state index contributed by atoms with van der Waals surface area (Å²) < 4.78 is 7.37. The van der Waals surface area contributed by atoms with Crippen LogP contribution in [0.15, 0.2) is 12.4 Å². The topological polar surface area (TPSA) is 39.1 Å². The average molecular weight is 263 g/mol. The van der Waals surface area contributed by atoms with Gasteiger partial charge >= 0.3 is 0 Å². The Kier molecular flexibility index (Phi) is 4.06. The molecular weight excluding hydrogens is 238 g/mol. The second kappa shape index (κ2) is 5.95. The molecule has 2 bridgehead atoms. The summed E-state index contributed by atoms with van der Waals surface area (Å²) in [5.41, 5.74) is 0. The lowest BCUT2D eigenvalue weighted by Gasteiger charge is -2.23.